The quantitative estimate of drug-likeness (QED) is 0.759. The van der Waals surface area contributed by atoms with E-state index in [2.05, 4.69) is 22.5 Å². The van der Waals surface area contributed by atoms with Crippen LogP contribution in [-0.2, 0) is 0 Å². The minimum Gasteiger partial charge on any atom is -0.329 e. The van der Waals surface area contributed by atoms with Gasteiger partial charge in [-0.05, 0) is 50.0 Å². The van der Waals surface area contributed by atoms with Crippen LogP contribution in [0.2, 0.25) is 5.02 Å². The van der Waals surface area contributed by atoms with Crippen molar-refractivity contribution in [2.24, 2.45) is 5.92 Å². The van der Waals surface area contributed by atoms with E-state index < -0.39 is 0 Å². The molecule has 0 radical (unpaired) electrons. The highest BCUT2D eigenvalue weighted by molar-refractivity contribution is 7.71. The molecule has 4 heteroatoms. The normalized spacial score (nSPS) is 18.6. The maximum Gasteiger partial charge on any atom is 0.178 e. The molecule has 1 aliphatic rings. The largest absolute Gasteiger partial charge is 0.329 e. The standard InChI is InChI=1S/C14H17ClN2S/c1-9(10-5-2-3-6-10)17-12-8-4-7-11(15)13(12)16-14(17)18/h4,7-10H,2-3,5-6H2,1H3,(H,16,18). The Morgan fingerprint density at radius 2 is 2.11 bits per heavy atom. The number of hydrogen-bond acceptors (Lipinski definition) is 1. The summed E-state index contributed by atoms with van der Waals surface area (Å²) in [6.07, 6.45) is 5.34. The molecule has 1 aromatic heterocycles. The van der Waals surface area contributed by atoms with E-state index in [0.717, 1.165) is 26.7 Å². The minimum atomic E-state index is 0.451. The SMILES string of the molecule is CC(C1CCCC1)n1c(=S)[nH]c2c(Cl)cccc21. The fourth-order valence-electron chi connectivity index (χ4n) is 3.17. The van der Waals surface area contributed by atoms with Crippen LogP contribution in [0.5, 0.6) is 0 Å². The van der Waals surface area contributed by atoms with Crippen molar-refractivity contribution < 1.29 is 0 Å². The van der Waals surface area contributed by atoms with Gasteiger partial charge in [-0.3, -0.25) is 0 Å². The molecule has 1 saturated carbocycles. The number of para-hydroxylation sites is 1. The van der Waals surface area contributed by atoms with Gasteiger partial charge in [-0.2, -0.15) is 0 Å². The molecule has 1 unspecified atom stereocenters. The van der Waals surface area contributed by atoms with Crippen molar-refractivity contribution >= 4 is 34.9 Å². The van der Waals surface area contributed by atoms with Crippen molar-refractivity contribution in [1.29, 1.82) is 0 Å². The van der Waals surface area contributed by atoms with E-state index in [-0.39, 0.29) is 0 Å². The predicted octanol–water partition coefficient (Wildman–Crippen LogP) is 5.10. The zero-order chi connectivity index (χ0) is 12.7. The molecule has 1 fully saturated rings. The van der Waals surface area contributed by atoms with Crippen LogP contribution in [0.25, 0.3) is 11.0 Å². The number of aromatic nitrogens is 2. The molecule has 1 aromatic carbocycles. The van der Waals surface area contributed by atoms with Gasteiger partial charge in [-0.15, -0.1) is 0 Å². The maximum absolute atomic E-state index is 6.22. The average Bonchev–Trinajstić information content (AvgIpc) is 2.96. The lowest BCUT2D eigenvalue weighted by molar-refractivity contribution is 0.365. The monoisotopic (exact) mass is 280 g/mol. The lowest BCUT2D eigenvalue weighted by Crippen LogP contribution is -2.14. The van der Waals surface area contributed by atoms with E-state index in [0.29, 0.717) is 6.04 Å². The molecule has 0 amide bonds. The Labute approximate surface area is 117 Å². The van der Waals surface area contributed by atoms with Gasteiger partial charge in [-0.1, -0.05) is 30.5 Å². The van der Waals surface area contributed by atoms with Crippen molar-refractivity contribution in [3.63, 3.8) is 0 Å². The summed E-state index contributed by atoms with van der Waals surface area (Å²) < 4.78 is 3.03. The summed E-state index contributed by atoms with van der Waals surface area (Å²) in [4.78, 5) is 3.25. The van der Waals surface area contributed by atoms with Crippen LogP contribution in [0.4, 0.5) is 0 Å². The van der Waals surface area contributed by atoms with Crippen molar-refractivity contribution in [2.75, 3.05) is 0 Å². The highest BCUT2D eigenvalue weighted by Gasteiger charge is 2.24. The number of rotatable bonds is 2. The Hall–Kier alpha value is -0.800. The van der Waals surface area contributed by atoms with Crippen molar-refractivity contribution in [3.8, 4) is 0 Å². The number of halogens is 1. The highest BCUT2D eigenvalue weighted by Crippen LogP contribution is 2.36. The molecular weight excluding hydrogens is 264 g/mol. The van der Waals surface area contributed by atoms with E-state index in [1.807, 2.05) is 12.1 Å². The zero-order valence-electron chi connectivity index (χ0n) is 10.4. The van der Waals surface area contributed by atoms with Gasteiger partial charge in [0, 0.05) is 6.04 Å². The summed E-state index contributed by atoms with van der Waals surface area (Å²) in [6.45, 7) is 2.28. The lowest BCUT2D eigenvalue weighted by Gasteiger charge is -2.21. The Balaban J connectivity index is 2.13. The number of nitrogens with zero attached hydrogens (tertiary/aromatic N) is 1. The average molecular weight is 281 g/mol. The van der Waals surface area contributed by atoms with Gasteiger partial charge in [0.2, 0.25) is 0 Å². The molecule has 2 nitrogen and oxygen atoms in total. The van der Waals surface area contributed by atoms with Gasteiger partial charge < -0.3 is 9.55 Å². The van der Waals surface area contributed by atoms with Crippen LogP contribution >= 0.6 is 23.8 Å². The van der Waals surface area contributed by atoms with E-state index in [9.17, 15) is 0 Å². The summed E-state index contributed by atoms with van der Waals surface area (Å²) in [7, 11) is 0. The van der Waals surface area contributed by atoms with Crippen LogP contribution in [0.15, 0.2) is 18.2 Å². The molecule has 2 aromatic rings. The third-order valence-corrected chi connectivity index (χ3v) is 4.80. The number of nitrogens with one attached hydrogen (secondary N) is 1. The van der Waals surface area contributed by atoms with Crippen molar-refractivity contribution in [3.05, 3.63) is 28.0 Å². The van der Waals surface area contributed by atoms with Crippen LogP contribution in [-0.4, -0.2) is 9.55 Å². The van der Waals surface area contributed by atoms with Crippen LogP contribution < -0.4 is 0 Å². The number of fused-ring (bicyclic) bond motifs is 1. The maximum atomic E-state index is 6.22. The van der Waals surface area contributed by atoms with Gasteiger partial charge in [0.15, 0.2) is 4.77 Å². The minimum absolute atomic E-state index is 0.451. The first-order valence-electron chi connectivity index (χ1n) is 6.57. The number of hydrogen-bond donors (Lipinski definition) is 1. The Morgan fingerprint density at radius 1 is 1.39 bits per heavy atom. The van der Waals surface area contributed by atoms with E-state index in [1.54, 1.807) is 0 Å². The Bertz CT molecular complexity index is 622. The summed E-state index contributed by atoms with van der Waals surface area (Å²) >= 11 is 11.7. The molecule has 0 aliphatic heterocycles. The second kappa shape index (κ2) is 4.71. The van der Waals surface area contributed by atoms with Crippen LogP contribution in [0, 0.1) is 10.7 Å². The van der Waals surface area contributed by atoms with Gasteiger partial charge in [0.1, 0.15) is 0 Å². The fraction of sp³-hybridized carbons (Fsp3) is 0.500. The van der Waals surface area contributed by atoms with Gasteiger partial charge in [-0.25, -0.2) is 0 Å². The Kier molecular flexibility index (Phi) is 3.20. The summed E-state index contributed by atoms with van der Waals surface area (Å²) in [5.41, 5.74) is 2.10. The fourth-order valence-corrected chi connectivity index (χ4v) is 3.75. The summed E-state index contributed by atoms with van der Waals surface area (Å²) in [6, 6.07) is 6.44. The predicted molar refractivity (Wildman–Crippen MR) is 78.8 cm³/mol. The molecule has 1 N–H and O–H groups in total. The van der Waals surface area contributed by atoms with Gasteiger partial charge in [0.05, 0.1) is 16.1 Å². The third kappa shape index (κ3) is 1.90. The van der Waals surface area contributed by atoms with Gasteiger partial charge >= 0.3 is 0 Å². The van der Waals surface area contributed by atoms with E-state index in [4.69, 9.17) is 23.8 Å². The molecule has 3 rings (SSSR count). The summed E-state index contributed by atoms with van der Waals surface area (Å²) in [5.74, 6) is 0.745. The van der Waals surface area contributed by atoms with Crippen molar-refractivity contribution in [2.45, 2.75) is 38.6 Å². The first-order valence-corrected chi connectivity index (χ1v) is 7.36. The van der Waals surface area contributed by atoms with Crippen LogP contribution in [0.1, 0.15) is 38.6 Å². The van der Waals surface area contributed by atoms with E-state index >= 15 is 0 Å². The first-order chi connectivity index (χ1) is 8.68. The molecule has 96 valence electrons. The molecule has 0 bridgehead atoms. The topological polar surface area (TPSA) is 20.7 Å². The molecular formula is C14H17ClN2S. The number of H-pyrrole nitrogens is 1. The zero-order valence-corrected chi connectivity index (χ0v) is 12.0. The lowest BCUT2D eigenvalue weighted by atomic mass is 9.99. The van der Waals surface area contributed by atoms with Crippen molar-refractivity contribution in [1.82, 2.24) is 9.55 Å². The first kappa shape index (κ1) is 12.2. The summed E-state index contributed by atoms with van der Waals surface area (Å²) in [5, 5.41) is 0.746. The molecule has 0 spiro atoms. The number of benzene rings is 1. The molecule has 1 aliphatic carbocycles. The van der Waals surface area contributed by atoms with Crippen LogP contribution in [0.3, 0.4) is 0 Å². The number of aromatic amines is 1. The second-order valence-electron chi connectivity index (χ2n) is 5.22. The third-order valence-electron chi connectivity index (χ3n) is 4.19. The molecule has 0 saturated heterocycles. The highest BCUT2D eigenvalue weighted by atomic mass is 35.5. The molecule has 1 heterocycles. The number of imidazole rings is 1. The second-order valence-corrected chi connectivity index (χ2v) is 6.01. The smallest absolute Gasteiger partial charge is 0.178 e. The Morgan fingerprint density at radius 3 is 2.83 bits per heavy atom. The van der Waals surface area contributed by atoms with E-state index in [1.165, 1.54) is 25.7 Å². The molecule has 18 heavy (non-hydrogen) atoms. The van der Waals surface area contributed by atoms with Gasteiger partial charge in [0.25, 0.3) is 0 Å². The molecule has 1 atom stereocenters.